The van der Waals surface area contributed by atoms with Gasteiger partial charge in [0, 0.05) is 13.1 Å². The van der Waals surface area contributed by atoms with Gasteiger partial charge in [0.05, 0.1) is 21.4 Å². The highest BCUT2D eigenvalue weighted by molar-refractivity contribution is 7.22. The molecule has 2 heterocycles. The van der Waals surface area contributed by atoms with Crippen LogP contribution in [-0.2, 0) is 0 Å². The Labute approximate surface area is 130 Å². The number of rotatable bonds is 5. The average molecular weight is 318 g/mol. The van der Waals surface area contributed by atoms with E-state index in [2.05, 4.69) is 20.6 Å². The summed E-state index contributed by atoms with van der Waals surface area (Å²) >= 11 is 3.01. The van der Waals surface area contributed by atoms with E-state index >= 15 is 0 Å². The number of anilines is 1. The van der Waals surface area contributed by atoms with Crippen molar-refractivity contribution in [2.75, 3.05) is 18.4 Å². The van der Waals surface area contributed by atoms with Crippen molar-refractivity contribution in [3.63, 3.8) is 0 Å². The highest BCUT2D eigenvalue weighted by Crippen LogP contribution is 2.24. The Bertz CT molecular complexity index is 732. The third-order valence-corrected chi connectivity index (χ3v) is 4.73. The van der Waals surface area contributed by atoms with Crippen molar-refractivity contribution in [2.45, 2.75) is 6.92 Å². The summed E-state index contributed by atoms with van der Waals surface area (Å²) < 4.78 is 1.16. The minimum atomic E-state index is -0.0771. The van der Waals surface area contributed by atoms with E-state index < -0.39 is 0 Å². The zero-order valence-electron chi connectivity index (χ0n) is 11.4. The lowest BCUT2D eigenvalue weighted by Gasteiger charge is -2.04. The van der Waals surface area contributed by atoms with Gasteiger partial charge in [0.15, 0.2) is 5.13 Å². The first-order valence-corrected chi connectivity index (χ1v) is 8.16. The smallest absolute Gasteiger partial charge is 0.263 e. The molecule has 0 aliphatic rings. The number of aryl methyl sites for hydroxylation is 1. The maximum absolute atomic E-state index is 11.8. The number of hydrogen-bond donors (Lipinski definition) is 2. The maximum atomic E-state index is 11.8. The molecule has 0 aliphatic heterocycles. The minimum absolute atomic E-state index is 0.0771. The lowest BCUT2D eigenvalue weighted by atomic mass is 10.3. The van der Waals surface area contributed by atoms with Gasteiger partial charge in [0.1, 0.15) is 4.88 Å². The van der Waals surface area contributed by atoms with E-state index in [-0.39, 0.29) is 5.91 Å². The van der Waals surface area contributed by atoms with E-state index in [4.69, 9.17) is 0 Å². The Morgan fingerprint density at radius 1 is 1.24 bits per heavy atom. The molecule has 0 fully saturated rings. The average Bonchev–Trinajstić information content (AvgIpc) is 3.09. The summed E-state index contributed by atoms with van der Waals surface area (Å²) in [6.07, 6.45) is 1.61. The standard InChI is InChI=1S/C14H14N4OS2/c1-9-17-8-12(20-9)13(19)15-6-7-16-14-18-10-4-2-3-5-11(10)21-14/h2-5,8H,6-7H2,1H3,(H,15,19)(H,16,18). The van der Waals surface area contributed by atoms with Crippen molar-refractivity contribution >= 4 is 43.9 Å². The van der Waals surface area contributed by atoms with E-state index in [9.17, 15) is 4.79 Å². The Hall–Kier alpha value is -1.99. The van der Waals surface area contributed by atoms with Crippen LogP contribution in [-0.4, -0.2) is 29.0 Å². The zero-order chi connectivity index (χ0) is 14.7. The van der Waals surface area contributed by atoms with Crippen LogP contribution in [0.3, 0.4) is 0 Å². The number of fused-ring (bicyclic) bond motifs is 1. The summed E-state index contributed by atoms with van der Waals surface area (Å²) in [5.41, 5.74) is 0.995. The van der Waals surface area contributed by atoms with Gasteiger partial charge in [-0.1, -0.05) is 23.5 Å². The maximum Gasteiger partial charge on any atom is 0.263 e. The first-order chi connectivity index (χ1) is 10.2. The molecule has 5 nitrogen and oxygen atoms in total. The molecule has 3 rings (SSSR count). The van der Waals surface area contributed by atoms with Crippen molar-refractivity contribution in [3.05, 3.63) is 40.3 Å². The second kappa shape index (κ2) is 6.19. The van der Waals surface area contributed by atoms with Crippen LogP contribution in [0.4, 0.5) is 5.13 Å². The molecule has 1 aromatic carbocycles. The van der Waals surface area contributed by atoms with E-state index in [1.54, 1.807) is 17.5 Å². The van der Waals surface area contributed by atoms with Crippen molar-refractivity contribution in [1.82, 2.24) is 15.3 Å². The molecule has 2 N–H and O–H groups in total. The lowest BCUT2D eigenvalue weighted by Crippen LogP contribution is -2.28. The number of para-hydroxylation sites is 1. The molecule has 108 valence electrons. The summed E-state index contributed by atoms with van der Waals surface area (Å²) in [5, 5.41) is 7.86. The van der Waals surface area contributed by atoms with Crippen molar-refractivity contribution in [3.8, 4) is 0 Å². The first kappa shape index (κ1) is 14.0. The van der Waals surface area contributed by atoms with Gasteiger partial charge in [-0.3, -0.25) is 4.79 Å². The lowest BCUT2D eigenvalue weighted by molar-refractivity contribution is 0.0959. The van der Waals surface area contributed by atoms with Crippen LogP contribution in [0.15, 0.2) is 30.5 Å². The fourth-order valence-corrected chi connectivity index (χ4v) is 3.43. The zero-order valence-corrected chi connectivity index (χ0v) is 13.1. The Morgan fingerprint density at radius 3 is 2.86 bits per heavy atom. The Morgan fingerprint density at radius 2 is 2.10 bits per heavy atom. The van der Waals surface area contributed by atoms with E-state index in [1.807, 2.05) is 31.2 Å². The molecule has 21 heavy (non-hydrogen) atoms. The van der Waals surface area contributed by atoms with Gasteiger partial charge in [-0.05, 0) is 19.1 Å². The molecule has 2 aromatic heterocycles. The van der Waals surface area contributed by atoms with Gasteiger partial charge in [-0.25, -0.2) is 9.97 Å². The summed E-state index contributed by atoms with van der Waals surface area (Å²) in [6.45, 7) is 3.07. The quantitative estimate of drug-likeness (QED) is 0.710. The number of amides is 1. The molecule has 0 spiro atoms. The normalized spacial score (nSPS) is 10.7. The highest BCUT2D eigenvalue weighted by atomic mass is 32.1. The molecule has 0 radical (unpaired) electrons. The SMILES string of the molecule is Cc1ncc(C(=O)NCCNc2nc3ccccc3s2)s1. The predicted octanol–water partition coefficient (Wildman–Crippen LogP) is 2.90. The number of thiazole rings is 2. The minimum Gasteiger partial charge on any atom is -0.360 e. The third-order valence-electron chi connectivity index (χ3n) is 2.83. The fraction of sp³-hybridized carbons (Fsp3) is 0.214. The number of carbonyl (C=O) groups excluding carboxylic acids is 1. The second-order valence-electron chi connectivity index (χ2n) is 4.41. The molecule has 0 aliphatic carbocycles. The Balaban J connectivity index is 1.49. The summed E-state index contributed by atoms with van der Waals surface area (Å²) in [7, 11) is 0. The van der Waals surface area contributed by atoms with Crippen LogP contribution >= 0.6 is 22.7 Å². The molecular weight excluding hydrogens is 304 g/mol. The van der Waals surface area contributed by atoms with E-state index in [1.165, 1.54) is 11.3 Å². The van der Waals surface area contributed by atoms with E-state index in [0.29, 0.717) is 18.0 Å². The number of benzene rings is 1. The Kier molecular flexibility index (Phi) is 4.12. The monoisotopic (exact) mass is 318 g/mol. The number of nitrogens with zero attached hydrogens (tertiary/aromatic N) is 2. The number of carbonyl (C=O) groups is 1. The molecule has 3 aromatic rings. The van der Waals surface area contributed by atoms with Crippen LogP contribution in [0.2, 0.25) is 0 Å². The van der Waals surface area contributed by atoms with Crippen molar-refractivity contribution in [2.24, 2.45) is 0 Å². The topological polar surface area (TPSA) is 66.9 Å². The highest BCUT2D eigenvalue weighted by Gasteiger charge is 2.08. The van der Waals surface area contributed by atoms with Gasteiger partial charge >= 0.3 is 0 Å². The van der Waals surface area contributed by atoms with Gasteiger partial charge in [-0.2, -0.15) is 0 Å². The third kappa shape index (κ3) is 3.37. The molecule has 0 atom stereocenters. The molecule has 1 amide bonds. The molecular formula is C14H14N4OS2. The van der Waals surface area contributed by atoms with Crippen LogP contribution in [0.1, 0.15) is 14.7 Å². The fourth-order valence-electron chi connectivity index (χ4n) is 1.85. The molecule has 0 bridgehead atoms. The molecule has 0 saturated carbocycles. The summed E-state index contributed by atoms with van der Waals surface area (Å²) in [4.78, 5) is 21.0. The molecule has 0 saturated heterocycles. The summed E-state index contributed by atoms with van der Waals surface area (Å²) in [5.74, 6) is -0.0771. The predicted molar refractivity (Wildman–Crippen MR) is 87.3 cm³/mol. The van der Waals surface area contributed by atoms with Crippen LogP contribution in [0, 0.1) is 6.92 Å². The summed E-state index contributed by atoms with van der Waals surface area (Å²) in [6, 6.07) is 8.02. The van der Waals surface area contributed by atoms with E-state index in [0.717, 1.165) is 20.4 Å². The van der Waals surface area contributed by atoms with Gasteiger partial charge in [-0.15, -0.1) is 11.3 Å². The first-order valence-electron chi connectivity index (χ1n) is 6.52. The number of hydrogen-bond acceptors (Lipinski definition) is 6. The second-order valence-corrected chi connectivity index (χ2v) is 6.68. The van der Waals surface area contributed by atoms with Crippen LogP contribution in [0.25, 0.3) is 10.2 Å². The van der Waals surface area contributed by atoms with Crippen LogP contribution in [0.5, 0.6) is 0 Å². The van der Waals surface area contributed by atoms with Gasteiger partial charge in [0.2, 0.25) is 0 Å². The molecule has 7 heteroatoms. The van der Waals surface area contributed by atoms with Gasteiger partial charge < -0.3 is 10.6 Å². The van der Waals surface area contributed by atoms with Crippen LogP contribution < -0.4 is 10.6 Å². The van der Waals surface area contributed by atoms with Gasteiger partial charge in [0.25, 0.3) is 5.91 Å². The van der Waals surface area contributed by atoms with Crippen molar-refractivity contribution < 1.29 is 4.79 Å². The number of aromatic nitrogens is 2. The largest absolute Gasteiger partial charge is 0.360 e. The molecule has 0 unspecified atom stereocenters. The van der Waals surface area contributed by atoms with Crippen molar-refractivity contribution in [1.29, 1.82) is 0 Å². The number of nitrogens with one attached hydrogen (secondary N) is 2.